The van der Waals surface area contributed by atoms with Gasteiger partial charge in [0.25, 0.3) is 0 Å². The van der Waals surface area contributed by atoms with Gasteiger partial charge in [-0.2, -0.15) is 0 Å². The lowest BCUT2D eigenvalue weighted by Crippen LogP contribution is -2.63. The van der Waals surface area contributed by atoms with E-state index in [9.17, 15) is 48.3 Å². The molecule has 0 aromatic rings. The average molecular weight is 1200 g/mol. The van der Waals surface area contributed by atoms with Gasteiger partial charge >= 0.3 is 0 Å². The molecule has 0 saturated carbocycles. The first-order valence-electron chi connectivity index (χ1n) is 30.8. The minimum absolute atomic E-state index is 0.0268. The van der Waals surface area contributed by atoms with Gasteiger partial charge in [0.1, 0.15) is 48.3 Å². The highest BCUT2D eigenvalue weighted by Gasteiger charge is 2.45. The number of aliphatic hydroxyl groups is 1. The molecule has 1 heterocycles. The standard InChI is InChI=1S/C63H112N10O12/c1-25-27-28-41(15)54(76)53-57(79)65-44(26-2)59(81)67(18)34-50(75)68(19)46(30-36(5)6)56(78)66-51(39(11)12)62(84)69(20)45(29-35(3)4)49(74)33-42(16)55(77)64-43(17)58(80)70(21)47(31-37(7)8)60(82)71(22)48(32-38(9)10)61(83)72(23)52(40(13)14)63(85)73(53)24/h25,27,35-48,51-54,76H,26,28-34H2,1-24H3,(H,64,77)(H,65,79)(H,66,78)/b27-25+/t41-,42?,43?,44?,45?,46+,47?,48?,51?,52?,53?,54-/m1/s1. The fraction of sp³-hybridized carbons (Fsp3) is 0.794. The number of hydrogen-bond donors (Lipinski definition) is 4. The van der Waals surface area contributed by atoms with Crippen molar-refractivity contribution in [1.82, 2.24) is 50.2 Å². The van der Waals surface area contributed by atoms with Gasteiger partial charge in [-0.25, -0.2) is 0 Å². The summed E-state index contributed by atoms with van der Waals surface area (Å²) in [6.45, 7) is 29.6. The summed E-state index contributed by atoms with van der Waals surface area (Å²) in [7, 11) is 10.0. The van der Waals surface area contributed by atoms with Gasteiger partial charge < -0.3 is 55.4 Å². The van der Waals surface area contributed by atoms with Crippen molar-refractivity contribution in [1.29, 1.82) is 0 Å². The van der Waals surface area contributed by atoms with Crippen LogP contribution >= 0.6 is 0 Å². The summed E-state index contributed by atoms with van der Waals surface area (Å²) in [6, 6.07) is -10.9. The van der Waals surface area contributed by atoms with Crippen LogP contribution in [0.2, 0.25) is 0 Å². The summed E-state index contributed by atoms with van der Waals surface area (Å²) in [5.74, 6) is -10.1. The molecular formula is C63H112N10O12. The van der Waals surface area contributed by atoms with Crippen LogP contribution in [0.4, 0.5) is 0 Å². The van der Waals surface area contributed by atoms with Crippen LogP contribution in [0.1, 0.15) is 163 Å². The molecule has 12 atom stereocenters. The Morgan fingerprint density at radius 2 is 0.941 bits per heavy atom. The van der Waals surface area contributed by atoms with E-state index in [1.807, 2.05) is 61.5 Å². The van der Waals surface area contributed by atoms with E-state index in [4.69, 9.17) is 0 Å². The second kappa shape index (κ2) is 35.0. The summed E-state index contributed by atoms with van der Waals surface area (Å²) < 4.78 is 0. The highest BCUT2D eigenvalue weighted by Crippen LogP contribution is 2.26. The minimum Gasteiger partial charge on any atom is -0.390 e. The minimum atomic E-state index is -1.61. The first kappa shape index (κ1) is 77.1. The van der Waals surface area contributed by atoms with Crippen molar-refractivity contribution in [2.75, 3.05) is 55.9 Å². The predicted octanol–water partition coefficient (Wildman–Crippen LogP) is 4.36. The monoisotopic (exact) mass is 1200 g/mol. The number of carbonyl (C=O) groups excluding carboxylic acids is 11. The molecule has 0 aromatic carbocycles. The summed E-state index contributed by atoms with van der Waals surface area (Å²) >= 11 is 0. The van der Waals surface area contributed by atoms with E-state index < -0.39 is 156 Å². The highest BCUT2D eigenvalue weighted by atomic mass is 16.3. The van der Waals surface area contributed by atoms with Gasteiger partial charge in [0.05, 0.1) is 18.7 Å². The molecule has 10 amide bonds. The lowest BCUT2D eigenvalue weighted by molar-refractivity contribution is -0.157. The molecule has 0 aliphatic carbocycles. The molecule has 22 nitrogen and oxygen atoms in total. The Morgan fingerprint density at radius 1 is 0.494 bits per heavy atom. The number of rotatable bonds is 15. The van der Waals surface area contributed by atoms with Gasteiger partial charge in [-0.3, -0.25) is 52.7 Å². The first-order chi connectivity index (χ1) is 39.2. The first-order valence-corrected chi connectivity index (χ1v) is 30.8. The molecule has 0 spiro atoms. The van der Waals surface area contributed by atoms with Gasteiger partial charge in [0.15, 0.2) is 5.78 Å². The van der Waals surface area contributed by atoms with E-state index in [1.165, 1.54) is 80.8 Å². The van der Waals surface area contributed by atoms with Crippen LogP contribution in [0, 0.1) is 47.3 Å². The number of aliphatic hydroxyl groups excluding tert-OH is 1. The number of ketones is 1. The van der Waals surface area contributed by atoms with Crippen molar-refractivity contribution in [3.05, 3.63) is 12.2 Å². The predicted molar refractivity (Wildman–Crippen MR) is 330 cm³/mol. The van der Waals surface area contributed by atoms with Crippen LogP contribution in [0.25, 0.3) is 0 Å². The maximum Gasteiger partial charge on any atom is 0.246 e. The number of hydrogen-bond acceptors (Lipinski definition) is 12. The van der Waals surface area contributed by atoms with Crippen molar-refractivity contribution in [3.63, 3.8) is 0 Å². The normalized spacial score (nSPS) is 27.0. The van der Waals surface area contributed by atoms with E-state index in [0.717, 1.165) is 9.80 Å². The van der Waals surface area contributed by atoms with E-state index in [0.29, 0.717) is 6.42 Å². The zero-order valence-corrected chi connectivity index (χ0v) is 56.3. The molecule has 4 N–H and O–H groups in total. The van der Waals surface area contributed by atoms with Gasteiger partial charge in [-0.05, 0) is 93.8 Å². The van der Waals surface area contributed by atoms with Gasteiger partial charge in [-0.15, -0.1) is 0 Å². The Balaban J connectivity index is 4.32. The van der Waals surface area contributed by atoms with Gasteiger partial charge in [0.2, 0.25) is 59.1 Å². The zero-order valence-electron chi connectivity index (χ0n) is 56.3. The number of nitrogens with zero attached hydrogens (tertiary/aromatic N) is 7. The third-order valence-corrected chi connectivity index (χ3v) is 16.3. The van der Waals surface area contributed by atoms with E-state index >= 15 is 9.59 Å². The third-order valence-electron chi connectivity index (χ3n) is 16.3. The molecule has 1 rings (SSSR count). The molecule has 1 aliphatic rings. The van der Waals surface area contributed by atoms with E-state index in [2.05, 4.69) is 16.0 Å². The fourth-order valence-corrected chi connectivity index (χ4v) is 10.9. The average Bonchev–Trinajstić information content (AvgIpc) is 3.62. The lowest BCUT2D eigenvalue weighted by Gasteiger charge is -2.41. The van der Waals surface area contributed by atoms with Crippen molar-refractivity contribution in [2.24, 2.45) is 47.3 Å². The largest absolute Gasteiger partial charge is 0.390 e. The number of amides is 10. The van der Waals surface area contributed by atoms with Gasteiger partial charge in [0, 0.05) is 61.7 Å². The van der Waals surface area contributed by atoms with Crippen LogP contribution in [0.15, 0.2) is 12.2 Å². The Labute approximate surface area is 509 Å². The van der Waals surface area contributed by atoms with Crippen LogP contribution in [0.5, 0.6) is 0 Å². The molecule has 0 bridgehead atoms. The molecule has 22 heteroatoms. The summed E-state index contributed by atoms with van der Waals surface area (Å²) in [5, 5.41) is 20.4. The Kier molecular flexibility index (Phi) is 31.8. The summed E-state index contributed by atoms with van der Waals surface area (Å²) in [5.41, 5.74) is 0. The van der Waals surface area contributed by atoms with Crippen molar-refractivity contribution < 1.29 is 57.8 Å². The number of allylic oxidation sites excluding steroid dienone is 2. The quantitative estimate of drug-likeness (QED) is 0.167. The Morgan fingerprint density at radius 3 is 1.40 bits per heavy atom. The second-order valence-electron chi connectivity index (χ2n) is 26.4. The van der Waals surface area contributed by atoms with Crippen molar-refractivity contribution in [3.8, 4) is 0 Å². The topological polar surface area (TPSA) is 267 Å². The molecule has 1 saturated heterocycles. The van der Waals surface area contributed by atoms with Crippen molar-refractivity contribution in [2.45, 2.75) is 223 Å². The van der Waals surface area contributed by atoms with Crippen LogP contribution in [-0.2, 0) is 52.7 Å². The molecule has 486 valence electrons. The second-order valence-corrected chi connectivity index (χ2v) is 26.4. The maximum absolute atomic E-state index is 15.1. The number of likely N-dealkylation sites (N-methyl/N-ethyl adjacent to an activating group) is 7. The highest BCUT2D eigenvalue weighted by molar-refractivity contribution is 5.99. The smallest absolute Gasteiger partial charge is 0.246 e. The van der Waals surface area contributed by atoms with Crippen LogP contribution < -0.4 is 16.0 Å². The number of nitrogens with one attached hydrogen (secondary N) is 3. The van der Waals surface area contributed by atoms with Crippen molar-refractivity contribution >= 4 is 64.9 Å². The maximum atomic E-state index is 15.1. The SMILES string of the molecule is C/C=C/C[C@@H](C)[C@@H](O)C1C(=O)NC(CC)C(=O)N(C)CC(=O)N(C)[C@@H](CC(C)C)C(=O)NC(C(C)C)C(=O)N(C)C(CC(C)C)C(=O)CC(C)C(=O)NC(C)C(=O)N(C)C(CC(C)C)C(=O)N(C)C(CC(C)C)C(=O)N(C)C(C(C)C)C(=O)N1C. The van der Waals surface area contributed by atoms with E-state index in [1.54, 1.807) is 61.5 Å². The van der Waals surface area contributed by atoms with E-state index in [-0.39, 0.29) is 62.2 Å². The molecule has 85 heavy (non-hydrogen) atoms. The molecule has 1 fully saturated rings. The number of carbonyl (C=O) groups is 11. The van der Waals surface area contributed by atoms with Crippen LogP contribution in [-0.4, -0.2) is 221 Å². The molecule has 1 aliphatic heterocycles. The third kappa shape index (κ3) is 21.8. The zero-order chi connectivity index (χ0) is 66.0. The lowest BCUT2D eigenvalue weighted by atomic mass is 9.91. The Bertz CT molecular complexity index is 2320. The fourth-order valence-electron chi connectivity index (χ4n) is 10.9. The molecule has 0 aromatic heterocycles. The molecular weight excluding hydrogens is 1090 g/mol. The molecule has 0 radical (unpaired) electrons. The van der Waals surface area contributed by atoms with Crippen LogP contribution in [0.3, 0.4) is 0 Å². The summed E-state index contributed by atoms with van der Waals surface area (Å²) in [6.07, 6.45) is 2.84. The number of Topliss-reactive ketones (excluding diaryl/α,β-unsaturated/α-hetero) is 1. The Hall–Kier alpha value is -5.93. The van der Waals surface area contributed by atoms with Gasteiger partial charge in [-0.1, -0.05) is 116 Å². The summed E-state index contributed by atoms with van der Waals surface area (Å²) in [4.78, 5) is 169. The molecule has 9 unspecified atom stereocenters.